The highest BCUT2D eigenvalue weighted by molar-refractivity contribution is 7.21. The largest absolute Gasteiger partial charge is 0.465 e. The third-order valence-corrected chi connectivity index (χ3v) is 5.18. The normalized spacial score (nSPS) is 10.7. The summed E-state index contributed by atoms with van der Waals surface area (Å²) in [6.07, 6.45) is 1.19. The van der Waals surface area contributed by atoms with Gasteiger partial charge in [-0.25, -0.2) is 4.79 Å². The summed E-state index contributed by atoms with van der Waals surface area (Å²) in [6.45, 7) is 0. The fourth-order valence-corrected chi connectivity index (χ4v) is 3.80. The molecule has 1 N–H and O–H groups in total. The second kappa shape index (κ2) is 6.78. The van der Waals surface area contributed by atoms with Gasteiger partial charge in [-0.1, -0.05) is 11.6 Å². The molecule has 0 saturated heterocycles. The first kappa shape index (κ1) is 18.5. The number of aromatic nitrogens is 1. The lowest BCUT2D eigenvalue weighted by atomic mass is 10.1. The van der Waals surface area contributed by atoms with Crippen LogP contribution in [0.5, 0.6) is 0 Å². The number of thiophene rings is 1. The number of halogens is 1. The third kappa shape index (κ3) is 3.13. The SMILES string of the molecule is COC(=O)c1c[nH]c2sc(-c3cc([N+](=O)[O-])cc([N+](=O)[O-])c3Cl)cc2c1=O. The molecule has 0 aliphatic carbocycles. The van der Waals surface area contributed by atoms with Crippen molar-refractivity contribution in [2.75, 3.05) is 7.11 Å². The molecule has 3 aromatic rings. The van der Waals surface area contributed by atoms with E-state index >= 15 is 0 Å². The number of nitro groups is 2. The van der Waals surface area contributed by atoms with Crippen molar-refractivity contribution >= 4 is 50.5 Å². The van der Waals surface area contributed by atoms with Crippen LogP contribution in [-0.4, -0.2) is 27.9 Å². The lowest BCUT2D eigenvalue weighted by Gasteiger charge is -2.02. The summed E-state index contributed by atoms with van der Waals surface area (Å²) in [6, 6.07) is 3.21. The standard InChI is InChI=1S/C15H8ClN3O7S/c1-26-15(21)9-5-17-14-8(13(9)20)4-11(27-14)7-2-6(18(22)23)3-10(12(7)16)19(24)25/h2-5H,1H3,(H,17,20). The van der Waals surface area contributed by atoms with Crippen LogP contribution in [0.15, 0.2) is 29.2 Å². The summed E-state index contributed by atoms with van der Waals surface area (Å²) in [7, 11) is 1.13. The molecule has 0 amide bonds. The van der Waals surface area contributed by atoms with Gasteiger partial charge in [0, 0.05) is 22.7 Å². The monoisotopic (exact) mass is 409 g/mol. The smallest absolute Gasteiger partial charge is 0.343 e. The van der Waals surface area contributed by atoms with Crippen molar-refractivity contribution in [1.29, 1.82) is 0 Å². The molecule has 1 aromatic carbocycles. The summed E-state index contributed by atoms with van der Waals surface area (Å²) in [5.74, 6) is -0.824. The molecule has 0 radical (unpaired) electrons. The van der Waals surface area contributed by atoms with E-state index in [0.717, 1.165) is 30.6 Å². The van der Waals surface area contributed by atoms with Crippen LogP contribution in [0.3, 0.4) is 0 Å². The van der Waals surface area contributed by atoms with Gasteiger partial charge in [0.15, 0.2) is 0 Å². The Morgan fingerprint density at radius 2 is 1.93 bits per heavy atom. The van der Waals surface area contributed by atoms with E-state index in [2.05, 4.69) is 9.72 Å². The summed E-state index contributed by atoms with van der Waals surface area (Å²) in [5, 5.41) is 22.1. The van der Waals surface area contributed by atoms with Crippen molar-refractivity contribution in [1.82, 2.24) is 4.98 Å². The predicted octanol–water partition coefficient (Wildman–Crippen LogP) is 3.51. The van der Waals surface area contributed by atoms with Crippen LogP contribution in [0.2, 0.25) is 5.02 Å². The first-order valence-electron chi connectivity index (χ1n) is 7.10. The predicted molar refractivity (Wildman–Crippen MR) is 97.5 cm³/mol. The molecule has 10 nitrogen and oxygen atoms in total. The molecule has 138 valence electrons. The summed E-state index contributed by atoms with van der Waals surface area (Å²) >= 11 is 7.08. The molecule has 2 heterocycles. The van der Waals surface area contributed by atoms with Crippen LogP contribution in [0.4, 0.5) is 11.4 Å². The quantitative estimate of drug-likeness (QED) is 0.394. The van der Waals surface area contributed by atoms with Gasteiger partial charge in [-0.3, -0.25) is 25.0 Å². The number of carbonyl (C=O) groups excluding carboxylic acids is 1. The average molecular weight is 410 g/mol. The third-order valence-electron chi connectivity index (χ3n) is 3.69. The molecule has 3 rings (SSSR count). The number of nitro benzene ring substituents is 2. The maximum atomic E-state index is 12.4. The number of H-pyrrole nitrogens is 1. The number of nitrogens with one attached hydrogen (secondary N) is 1. The van der Waals surface area contributed by atoms with Crippen LogP contribution in [0.25, 0.3) is 20.7 Å². The molecule has 0 aliphatic heterocycles. The van der Waals surface area contributed by atoms with E-state index in [4.69, 9.17) is 11.6 Å². The van der Waals surface area contributed by atoms with Crippen LogP contribution >= 0.6 is 22.9 Å². The Hall–Kier alpha value is -3.31. The topological polar surface area (TPSA) is 145 Å². The number of non-ortho nitro benzene ring substituents is 1. The molecular weight excluding hydrogens is 402 g/mol. The number of rotatable bonds is 4. The first-order chi connectivity index (χ1) is 12.7. The zero-order valence-electron chi connectivity index (χ0n) is 13.3. The molecular formula is C15H8ClN3O7S. The molecule has 0 unspecified atom stereocenters. The Balaban J connectivity index is 2.28. The number of hydrogen-bond acceptors (Lipinski definition) is 8. The van der Waals surface area contributed by atoms with Crippen molar-refractivity contribution in [2.45, 2.75) is 0 Å². The fourth-order valence-electron chi connectivity index (χ4n) is 2.42. The number of benzene rings is 1. The van der Waals surface area contributed by atoms with Gasteiger partial charge < -0.3 is 9.72 Å². The van der Waals surface area contributed by atoms with Crippen LogP contribution in [0, 0.1) is 20.2 Å². The van der Waals surface area contributed by atoms with E-state index in [-0.39, 0.29) is 26.4 Å². The Morgan fingerprint density at radius 3 is 2.52 bits per heavy atom. The van der Waals surface area contributed by atoms with Gasteiger partial charge in [0.25, 0.3) is 11.4 Å². The number of nitrogens with zero attached hydrogens (tertiary/aromatic N) is 2. The molecule has 0 saturated carbocycles. The number of ether oxygens (including phenoxy) is 1. The van der Waals surface area contributed by atoms with E-state index in [1.165, 1.54) is 12.3 Å². The van der Waals surface area contributed by atoms with Crippen LogP contribution in [0.1, 0.15) is 10.4 Å². The number of hydrogen-bond donors (Lipinski definition) is 1. The minimum Gasteiger partial charge on any atom is -0.465 e. The number of methoxy groups -OCH3 is 1. The van der Waals surface area contributed by atoms with Crippen molar-refractivity contribution in [3.8, 4) is 10.4 Å². The van der Waals surface area contributed by atoms with Gasteiger partial charge in [-0.15, -0.1) is 11.3 Å². The highest BCUT2D eigenvalue weighted by Crippen LogP contribution is 2.42. The van der Waals surface area contributed by atoms with Gasteiger partial charge in [0.2, 0.25) is 5.43 Å². The number of esters is 1. The van der Waals surface area contributed by atoms with Crippen molar-refractivity contribution in [3.05, 3.63) is 65.4 Å². The second-order valence-corrected chi connectivity index (χ2v) is 6.65. The zero-order valence-corrected chi connectivity index (χ0v) is 14.9. The van der Waals surface area contributed by atoms with E-state index in [1.807, 2.05) is 0 Å². The lowest BCUT2D eigenvalue weighted by Crippen LogP contribution is -2.16. The molecule has 0 spiro atoms. The number of carbonyl (C=O) groups is 1. The van der Waals surface area contributed by atoms with E-state index < -0.39 is 32.6 Å². The molecule has 0 atom stereocenters. The summed E-state index contributed by atoms with van der Waals surface area (Å²) in [4.78, 5) is 48.1. The van der Waals surface area contributed by atoms with Crippen molar-refractivity contribution < 1.29 is 19.4 Å². The molecule has 0 aliphatic rings. The Bertz CT molecular complexity index is 1180. The number of pyridine rings is 1. The Labute approximate surface area is 158 Å². The first-order valence-corrected chi connectivity index (χ1v) is 8.30. The Kier molecular flexibility index (Phi) is 4.64. The highest BCUT2D eigenvalue weighted by atomic mass is 35.5. The molecule has 2 aromatic heterocycles. The summed E-state index contributed by atoms with van der Waals surface area (Å²) in [5.41, 5.74) is -1.93. The molecule has 0 fully saturated rings. The van der Waals surface area contributed by atoms with Crippen molar-refractivity contribution in [3.63, 3.8) is 0 Å². The highest BCUT2D eigenvalue weighted by Gasteiger charge is 2.25. The van der Waals surface area contributed by atoms with Crippen LogP contribution in [-0.2, 0) is 4.74 Å². The fraction of sp³-hybridized carbons (Fsp3) is 0.0667. The zero-order chi connectivity index (χ0) is 19.9. The van der Waals surface area contributed by atoms with E-state index in [9.17, 15) is 29.8 Å². The minimum atomic E-state index is -0.827. The maximum absolute atomic E-state index is 12.4. The molecule has 12 heteroatoms. The van der Waals surface area contributed by atoms with Gasteiger partial charge in [-0.2, -0.15) is 0 Å². The number of aromatic amines is 1. The lowest BCUT2D eigenvalue weighted by molar-refractivity contribution is -0.394. The average Bonchev–Trinajstić information content (AvgIpc) is 3.06. The van der Waals surface area contributed by atoms with Crippen molar-refractivity contribution in [2.24, 2.45) is 0 Å². The van der Waals surface area contributed by atoms with E-state index in [0.29, 0.717) is 4.83 Å². The van der Waals surface area contributed by atoms with Crippen LogP contribution < -0.4 is 5.43 Å². The Morgan fingerprint density at radius 1 is 1.22 bits per heavy atom. The minimum absolute atomic E-state index is 0.0335. The molecule has 27 heavy (non-hydrogen) atoms. The van der Waals surface area contributed by atoms with Gasteiger partial charge >= 0.3 is 5.97 Å². The summed E-state index contributed by atoms with van der Waals surface area (Å²) < 4.78 is 4.53. The van der Waals surface area contributed by atoms with Gasteiger partial charge in [0.1, 0.15) is 15.4 Å². The van der Waals surface area contributed by atoms with E-state index in [1.54, 1.807) is 0 Å². The number of fused-ring (bicyclic) bond motifs is 1. The second-order valence-electron chi connectivity index (χ2n) is 5.22. The van der Waals surface area contributed by atoms with Gasteiger partial charge in [-0.05, 0) is 6.07 Å². The van der Waals surface area contributed by atoms with Gasteiger partial charge in [0.05, 0.1) is 28.4 Å². The maximum Gasteiger partial charge on any atom is 0.343 e. The molecule has 0 bridgehead atoms.